The van der Waals surface area contributed by atoms with Crippen molar-refractivity contribution >= 4 is 11.0 Å². The Labute approximate surface area is 91.7 Å². The van der Waals surface area contributed by atoms with Gasteiger partial charge in [0.1, 0.15) is 17.2 Å². The summed E-state index contributed by atoms with van der Waals surface area (Å²) < 4.78 is 26.4. The van der Waals surface area contributed by atoms with E-state index in [0.29, 0.717) is 11.4 Å². The van der Waals surface area contributed by atoms with E-state index >= 15 is 0 Å². The van der Waals surface area contributed by atoms with Crippen LogP contribution in [0.2, 0.25) is 0 Å². The zero-order valence-corrected chi connectivity index (χ0v) is 8.76. The summed E-state index contributed by atoms with van der Waals surface area (Å²) in [4.78, 5) is 7.27. The van der Waals surface area contributed by atoms with E-state index in [4.69, 9.17) is 0 Å². The fourth-order valence-corrected chi connectivity index (χ4v) is 2.45. The van der Waals surface area contributed by atoms with E-state index < -0.39 is 11.6 Å². The minimum absolute atomic E-state index is 0.253. The van der Waals surface area contributed by atoms with Crippen molar-refractivity contribution < 1.29 is 8.78 Å². The number of benzene rings is 1. The predicted octanol–water partition coefficient (Wildman–Crippen LogP) is 3.50. The van der Waals surface area contributed by atoms with Crippen LogP contribution in [0.3, 0.4) is 0 Å². The summed E-state index contributed by atoms with van der Waals surface area (Å²) in [5.41, 5.74) is 0.711. The monoisotopic (exact) mass is 222 g/mol. The van der Waals surface area contributed by atoms with Gasteiger partial charge in [-0.2, -0.15) is 0 Å². The summed E-state index contributed by atoms with van der Waals surface area (Å²) in [5.74, 6) is 0.0361. The third-order valence-corrected chi connectivity index (χ3v) is 3.27. The minimum Gasteiger partial charge on any atom is -0.342 e. The second kappa shape index (κ2) is 3.54. The third-order valence-electron chi connectivity index (χ3n) is 3.27. The molecule has 3 rings (SSSR count). The Balaban J connectivity index is 2.11. The van der Waals surface area contributed by atoms with Gasteiger partial charge in [0.15, 0.2) is 5.82 Å². The molecule has 0 aliphatic heterocycles. The van der Waals surface area contributed by atoms with Crippen molar-refractivity contribution in [3.05, 3.63) is 29.6 Å². The molecule has 16 heavy (non-hydrogen) atoms. The SMILES string of the molecule is Fc1cc(F)c2nc(C3CCCC3)[nH]c2c1. The van der Waals surface area contributed by atoms with Gasteiger partial charge in [0.2, 0.25) is 0 Å². The lowest BCUT2D eigenvalue weighted by Gasteiger charge is -2.02. The standard InChI is InChI=1S/C12H12F2N2/c13-8-5-9(14)11-10(6-8)15-12(16-11)7-3-1-2-4-7/h5-7H,1-4H2,(H,15,16). The summed E-state index contributed by atoms with van der Waals surface area (Å²) in [6.45, 7) is 0. The highest BCUT2D eigenvalue weighted by atomic mass is 19.1. The van der Waals surface area contributed by atoms with Crippen LogP contribution in [0.4, 0.5) is 8.78 Å². The van der Waals surface area contributed by atoms with Gasteiger partial charge < -0.3 is 4.98 Å². The average molecular weight is 222 g/mol. The number of nitrogens with zero attached hydrogens (tertiary/aromatic N) is 1. The van der Waals surface area contributed by atoms with Crippen molar-refractivity contribution in [2.45, 2.75) is 31.6 Å². The zero-order chi connectivity index (χ0) is 11.1. The van der Waals surface area contributed by atoms with Crippen molar-refractivity contribution in [1.29, 1.82) is 0 Å². The molecule has 1 saturated carbocycles. The number of aromatic amines is 1. The molecule has 84 valence electrons. The molecule has 1 heterocycles. The molecular formula is C12H12F2N2. The molecule has 0 amide bonds. The van der Waals surface area contributed by atoms with Crippen molar-refractivity contribution in [2.24, 2.45) is 0 Å². The van der Waals surface area contributed by atoms with Gasteiger partial charge in [-0.1, -0.05) is 12.8 Å². The highest BCUT2D eigenvalue weighted by Gasteiger charge is 2.21. The molecule has 1 aliphatic carbocycles. The van der Waals surface area contributed by atoms with Gasteiger partial charge in [-0.25, -0.2) is 13.8 Å². The maximum absolute atomic E-state index is 13.4. The molecule has 1 N–H and O–H groups in total. The number of nitrogens with one attached hydrogen (secondary N) is 1. The van der Waals surface area contributed by atoms with E-state index in [1.807, 2.05) is 0 Å². The molecule has 2 aromatic rings. The lowest BCUT2D eigenvalue weighted by atomic mass is 10.1. The highest BCUT2D eigenvalue weighted by Crippen LogP contribution is 2.33. The van der Waals surface area contributed by atoms with Crippen molar-refractivity contribution in [3.63, 3.8) is 0 Å². The van der Waals surface area contributed by atoms with Gasteiger partial charge in [0, 0.05) is 12.0 Å². The van der Waals surface area contributed by atoms with Crippen LogP contribution >= 0.6 is 0 Å². The summed E-state index contributed by atoms with van der Waals surface area (Å²) in [5, 5.41) is 0. The van der Waals surface area contributed by atoms with E-state index in [2.05, 4.69) is 9.97 Å². The number of aromatic nitrogens is 2. The summed E-state index contributed by atoms with van der Waals surface area (Å²) in [6, 6.07) is 2.17. The number of fused-ring (bicyclic) bond motifs is 1. The lowest BCUT2D eigenvalue weighted by Crippen LogP contribution is -1.94. The van der Waals surface area contributed by atoms with Crippen molar-refractivity contribution in [1.82, 2.24) is 9.97 Å². The first-order chi connectivity index (χ1) is 7.74. The summed E-state index contributed by atoms with van der Waals surface area (Å²) in [6.07, 6.45) is 4.56. The number of hydrogen-bond acceptors (Lipinski definition) is 1. The van der Waals surface area contributed by atoms with E-state index in [0.717, 1.165) is 24.7 Å². The van der Waals surface area contributed by atoms with Crippen LogP contribution in [0.25, 0.3) is 11.0 Å². The molecule has 2 nitrogen and oxygen atoms in total. The van der Waals surface area contributed by atoms with Crippen LogP contribution in [0.15, 0.2) is 12.1 Å². The second-order valence-electron chi connectivity index (χ2n) is 4.39. The lowest BCUT2D eigenvalue weighted by molar-refractivity contribution is 0.590. The zero-order valence-electron chi connectivity index (χ0n) is 8.76. The van der Waals surface area contributed by atoms with Gasteiger partial charge in [-0.15, -0.1) is 0 Å². The Morgan fingerprint density at radius 3 is 2.69 bits per heavy atom. The van der Waals surface area contributed by atoms with Gasteiger partial charge in [-0.05, 0) is 18.9 Å². The maximum Gasteiger partial charge on any atom is 0.153 e. The molecule has 1 aromatic carbocycles. The Morgan fingerprint density at radius 1 is 1.19 bits per heavy atom. The smallest absolute Gasteiger partial charge is 0.153 e. The Hall–Kier alpha value is -1.45. The number of halogens is 2. The van der Waals surface area contributed by atoms with Crippen molar-refractivity contribution in [3.8, 4) is 0 Å². The fourth-order valence-electron chi connectivity index (χ4n) is 2.45. The number of imidazole rings is 1. The van der Waals surface area contributed by atoms with Gasteiger partial charge >= 0.3 is 0 Å². The third kappa shape index (κ3) is 1.49. The molecule has 0 atom stereocenters. The van der Waals surface area contributed by atoms with E-state index in [9.17, 15) is 8.78 Å². The fraction of sp³-hybridized carbons (Fsp3) is 0.417. The first-order valence-electron chi connectivity index (χ1n) is 5.59. The van der Waals surface area contributed by atoms with Crippen LogP contribution in [0.1, 0.15) is 37.4 Å². The molecule has 1 fully saturated rings. The van der Waals surface area contributed by atoms with Crippen LogP contribution in [-0.4, -0.2) is 9.97 Å². The predicted molar refractivity (Wildman–Crippen MR) is 57.2 cm³/mol. The van der Waals surface area contributed by atoms with E-state index in [1.165, 1.54) is 18.9 Å². The van der Waals surface area contributed by atoms with Crippen LogP contribution < -0.4 is 0 Å². The Kier molecular flexibility index (Phi) is 2.16. The molecule has 1 aliphatic rings. The molecule has 0 spiro atoms. The normalized spacial score (nSPS) is 17.4. The second-order valence-corrected chi connectivity index (χ2v) is 4.39. The first kappa shape index (κ1) is 9.75. The van der Waals surface area contributed by atoms with Crippen LogP contribution in [0, 0.1) is 11.6 Å². The Bertz CT molecular complexity index is 527. The molecule has 1 aromatic heterocycles. The van der Waals surface area contributed by atoms with Gasteiger partial charge in [-0.3, -0.25) is 0 Å². The first-order valence-corrected chi connectivity index (χ1v) is 5.59. The molecule has 0 unspecified atom stereocenters. The van der Waals surface area contributed by atoms with Crippen LogP contribution in [-0.2, 0) is 0 Å². The molecule has 0 bridgehead atoms. The average Bonchev–Trinajstić information content (AvgIpc) is 2.82. The maximum atomic E-state index is 13.4. The molecular weight excluding hydrogens is 210 g/mol. The highest BCUT2D eigenvalue weighted by molar-refractivity contribution is 5.75. The number of rotatable bonds is 1. The van der Waals surface area contributed by atoms with Crippen molar-refractivity contribution in [2.75, 3.05) is 0 Å². The molecule has 0 radical (unpaired) electrons. The number of H-pyrrole nitrogens is 1. The van der Waals surface area contributed by atoms with E-state index in [-0.39, 0.29) is 5.52 Å². The quantitative estimate of drug-likeness (QED) is 0.786. The largest absolute Gasteiger partial charge is 0.342 e. The van der Waals surface area contributed by atoms with Gasteiger partial charge in [0.25, 0.3) is 0 Å². The van der Waals surface area contributed by atoms with Crippen LogP contribution in [0.5, 0.6) is 0 Å². The van der Waals surface area contributed by atoms with Gasteiger partial charge in [0.05, 0.1) is 5.52 Å². The molecule has 4 heteroatoms. The Morgan fingerprint density at radius 2 is 1.94 bits per heavy atom. The van der Waals surface area contributed by atoms with E-state index in [1.54, 1.807) is 0 Å². The topological polar surface area (TPSA) is 28.7 Å². The summed E-state index contributed by atoms with van der Waals surface area (Å²) in [7, 11) is 0. The number of hydrogen-bond donors (Lipinski definition) is 1. The minimum atomic E-state index is -0.588. The molecule has 0 saturated heterocycles. The summed E-state index contributed by atoms with van der Waals surface area (Å²) >= 11 is 0.